The summed E-state index contributed by atoms with van der Waals surface area (Å²) in [5, 5.41) is 3.50. The van der Waals surface area contributed by atoms with Gasteiger partial charge in [0.25, 0.3) is 0 Å². The summed E-state index contributed by atoms with van der Waals surface area (Å²) in [5.41, 5.74) is 1.91. The Balaban J connectivity index is 1.75. The molecule has 2 aromatic heterocycles. The van der Waals surface area contributed by atoms with Gasteiger partial charge in [0.2, 0.25) is 0 Å². The van der Waals surface area contributed by atoms with Crippen molar-refractivity contribution in [2.24, 2.45) is 7.05 Å². The van der Waals surface area contributed by atoms with Gasteiger partial charge in [-0.3, -0.25) is 4.98 Å². The van der Waals surface area contributed by atoms with Crippen LogP contribution in [-0.2, 0) is 13.5 Å². The van der Waals surface area contributed by atoms with Crippen LogP contribution in [0.25, 0.3) is 0 Å². The van der Waals surface area contributed by atoms with E-state index in [0.717, 1.165) is 30.0 Å². The Morgan fingerprint density at radius 2 is 1.96 bits per heavy atom. The molecule has 1 N–H and O–H groups in total. The number of rotatable bonds is 6. The summed E-state index contributed by atoms with van der Waals surface area (Å²) >= 11 is 0. The van der Waals surface area contributed by atoms with Gasteiger partial charge in [-0.2, -0.15) is 0 Å². The van der Waals surface area contributed by atoms with Gasteiger partial charge in [0, 0.05) is 32.4 Å². The molecule has 1 atom stereocenters. The normalized spacial score (nSPS) is 12.3. The number of imidazole rings is 1. The van der Waals surface area contributed by atoms with Crippen molar-refractivity contribution in [2.45, 2.75) is 12.5 Å². The summed E-state index contributed by atoms with van der Waals surface area (Å²) < 4.78 is 15.2. The third kappa shape index (κ3) is 3.81. The van der Waals surface area contributed by atoms with E-state index in [1.165, 1.54) is 12.3 Å². The van der Waals surface area contributed by atoms with Crippen LogP contribution in [0.5, 0.6) is 0 Å². The largest absolute Gasteiger partial charge is 0.338 e. The molecule has 0 fully saturated rings. The molecule has 0 bridgehead atoms. The number of halogens is 1. The summed E-state index contributed by atoms with van der Waals surface area (Å²) in [6.07, 6.45) is 5.80. The molecule has 0 aliphatic heterocycles. The van der Waals surface area contributed by atoms with Gasteiger partial charge >= 0.3 is 0 Å². The Kier molecular flexibility index (Phi) is 4.78. The fraction of sp³-hybridized carbons (Fsp3) is 0.222. The maximum Gasteiger partial charge on any atom is 0.141 e. The van der Waals surface area contributed by atoms with Crippen molar-refractivity contribution >= 4 is 0 Å². The highest BCUT2D eigenvalue weighted by molar-refractivity contribution is 5.27. The standard InChI is InChI=1S/C18H19FN4/c1-23-12-11-20-17(23)9-10-21-18(14-5-3-2-4-6-14)16-8-7-15(19)13-22-16/h2-8,11-13,18,21H,9-10H2,1H3/t18-/m1/s1. The second kappa shape index (κ2) is 7.15. The number of aryl methyl sites for hydroxylation is 1. The summed E-state index contributed by atoms with van der Waals surface area (Å²) in [6, 6.07) is 13.1. The monoisotopic (exact) mass is 310 g/mol. The van der Waals surface area contributed by atoms with Crippen LogP contribution >= 0.6 is 0 Å². The molecule has 3 rings (SSSR count). The van der Waals surface area contributed by atoms with Gasteiger partial charge in [-0.05, 0) is 17.7 Å². The average molecular weight is 310 g/mol. The molecule has 4 nitrogen and oxygen atoms in total. The van der Waals surface area contributed by atoms with Crippen molar-refractivity contribution in [1.82, 2.24) is 19.9 Å². The van der Waals surface area contributed by atoms with Crippen molar-refractivity contribution < 1.29 is 4.39 Å². The maximum absolute atomic E-state index is 13.1. The van der Waals surface area contributed by atoms with Crippen molar-refractivity contribution in [3.63, 3.8) is 0 Å². The molecule has 3 aromatic rings. The number of benzene rings is 1. The lowest BCUT2D eigenvalue weighted by molar-refractivity contribution is 0.571. The van der Waals surface area contributed by atoms with Gasteiger partial charge in [-0.1, -0.05) is 30.3 Å². The van der Waals surface area contributed by atoms with E-state index in [2.05, 4.69) is 15.3 Å². The van der Waals surface area contributed by atoms with Gasteiger partial charge < -0.3 is 9.88 Å². The minimum Gasteiger partial charge on any atom is -0.338 e. The summed E-state index contributed by atoms with van der Waals surface area (Å²) in [5.74, 6) is 0.699. The zero-order chi connectivity index (χ0) is 16.1. The first-order valence-electron chi connectivity index (χ1n) is 7.60. The number of hydrogen-bond acceptors (Lipinski definition) is 3. The van der Waals surface area contributed by atoms with Gasteiger partial charge in [-0.15, -0.1) is 0 Å². The predicted molar refractivity (Wildman–Crippen MR) is 87.4 cm³/mol. The molecule has 0 amide bonds. The van der Waals surface area contributed by atoms with Crippen LogP contribution in [0.2, 0.25) is 0 Å². The number of nitrogens with zero attached hydrogens (tertiary/aromatic N) is 3. The van der Waals surface area contributed by atoms with Gasteiger partial charge in [0.05, 0.1) is 17.9 Å². The van der Waals surface area contributed by atoms with Crippen LogP contribution in [-0.4, -0.2) is 21.1 Å². The Hall–Kier alpha value is -2.53. The Morgan fingerprint density at radius 1 is 1.13 bits per heavy atom. The molecule has 0 aliphatic carbocycles. The number of aromatic nitrogens is 3. The molecule has 118 valence electrons. The minimum absolute atomic E-state index is 0.0722. The molecule has 0 saturated carbocycles. The molecule has 5 heteroatoms. The van der Waals surface area contributed by atoms with Crippen LogP contribution in [0, 0.1) is 5.82 Å². The first-order valence-corrected chi connectivity index (χ1v) is 7.60. The van der Waals surface area contributed by atoms with Crippen molar-refractivity contribution in [3.8, 4) is 0 Å². The fourth-order valence-electron chi connectivity index (χ4n) is 2.56. The van der Waals surface area contributed by atoms with E-state index in [9.17, 15) is 4.39 Å². The van der Waals surface area contributed by atoms with E-state index >= 15 is 0 Å². The molecule has 0 saturated heterocycles. The lowest BCUT2D eigenvalue weighted by Gasteiger charge is -2.19. The summed E-state index contributed by atoms with van der Waals surface area (Å²) in [7, 11) is 1.98. The molecular weight excluding hydrogens is 291 g/mol. The van der Waals surface area contributed by atoms with Crippen LogP contribution in [0.3, 0.4) is 0 Å². The minimum atomic E-state index is -0.325. The first kappa shape index (κ1) is 15.4. The highest BCUT2D eigenvalue weighted by atomic mass is 19.1. The molecule has 0 spiro atoms. The van der Waals surface area contributed by atoms with Crippen LogP contribution in [0.15, 0.2) is 61.1 Å². The zero-order valence-corrected chi connectivity index (χ0v) is 13.0. The van der Waals surface area contributed by atoms with Crippen molar-refractivity contribution in [2.75, 3.05) is 6.54 Å². The number of hydrogen-bond donors (Lipinski definition) is 1. The van der Waals surface area contributed by atoms with Crippen molar-refractivity contribution in [3.05, 3.63) is 84.0 Å². The molecule has 0 radical (unpaired) electrons. The first-order chi connectivity index (χ1) is 11.2. The second-order valence-electron chi connectivity index (χ2n) is 5.40. The van der Waals surface area contributed by atoms with Crippen molar-refractivity contribution in [1.29, 1.82) is 0 Å². The smallest absolute Gasteiger partial charge is 0.141 e. The Bertz CT molecular complexity index is 737. The average Bonchev–Trinajstić information content (AvgIpc) is 2.99. The third-order valence-corrected chi connectivity index (χ3v) is 3.80. The molecule has 0 aliphatic rings. The number of nitrogens with one attached hydrogen (secondary N) is 1. The highest BCUT2D eigenvalue weighted by Gasteiger charge is 2.15. The molecular formula is C18H19FN4. The van der Waals surface area contributed by atoms with E-state index < -0.39 is 0 Å². The quantitative estimate of drug-likeness (QED) is 0.761. The van der Waals surface area contributed by atoms with Crippen LogP contribution in [0.1, 0.15) is 23.1 Å². The molecule has 0 unspecified atom stereocenters. The zero-order valence-electron chi connectivity index (χ0n) is 13.0. The SMILES string of the molecule is Cn1ccnc1CCN[C@H](c1ccccc1)c1ccc(F)cn1. The third-order valence-electron chi connectivity index (χ3n) is 3.80. The van der Waals surface area contributed by atoms with Gasteiger partial charge in [0.15, 0.2) is 0 Å². The molecule has 2 heterocycles. The van der Waals surface area contributed by atoms with E-state index in [4.69, 9.17) is 0 Å². The Labute approximate surface area is 135 Å². The van der Waals surface area contributed by atoms with E-state index in [1.807, 2.05) is 48.1 Å². The predicted octanol–water partition coefficient (Wildman–Crippen LogP) is 2.88. The maximum atomic E-state index is 13.1. The second-order valence-corrected chi connectivity index (χ2v) is 5.40. The summed E-state index contributed by atoms with van der Waals surface area (Å²) in [4.78, 5) is 8.56. The topological polar surface area (TPSA) is 42.7 Å². The lowest BCUT2D eigenvalue weighted by Crippen LogP contribution is -2.26. The Morgan fingerprint density at radius 3 is 2.61 bits per heavy atom. The highest BCUT2D eigenvalue weighted by Crippen LogP contribution is 2.20. The number of pyridine rings is 1. The van der Waals surface area contributed by atoms with Crippen LogP contribution in [0.4, 0.5) is 4.39 Å². The van der Waals surface area contributed by atoms with Gasteiger partial charge in [-0.25, -0.2) is 9.37 Å². The van der Waals surface area contributed by atoms with E-state index in [1.54, 1.807) is 12.3 Å². The molecule has 23 heavy (non-hydrogen) atoms. The van der Waals surface area contributed by atoms with Crippen LogP contribution < -0.4 is 5.32 Å². The van der Waals surface area contributed by atoms with E-state index in [-0.39, 0.29) is 11.9 Å². The van der Waals surface area contributed by atoms with Gasteiger partial charge in [0.1, 0.15) is 11.6 Å². The van der Waals surface area contributed by atoms with E-state index in [0.29, 0.717) is 0 Å². The summed E-state index contributed by atoms with van der Waals surface area (Å²) in [6.45, 7) is 0.753. The lowest BCUT2D eigenvalue weighted by atomic mass is 10.0. The molecule has 1 aromatic carbocycles. The fourth-order valence-corrected chi connectivity index (χ4v) is 2.56.